The van der Waals surface area contributed by atoms with Crippen LogP contribution in [-0.2, 0) is 6.54 Å². The highest BCUT2D eigenvalue weighted by Crippen LogP contribution is 2.68. The summed E-state index contributed by atoms with van der Waals surface area (Å²) >= 11 is 6.81. The molecule has 0 bridgehead atoms. The summed E-state index contributed by atoms with van der Waals surface area (Å²) in [5.41, 5.74) is 1.43. The molecule has 102 valence electrons. The Balaban J connectivity index is 2.08. The SMILES string of the molecule is CC1(C)C(Cn2c(=S)[nH]c3ccsc3c2=O)C1(C)C. The summed E-state index contributed by atoms with van der Waals surface area (Å²) < 4.78 is 3.04. The van der Waals surface area contributed by atoms with E-state index in [-0.39, 0.29) is 16.4 Å². The second-order valence-electron chi connectivity index (χ2n) is 6.51. The van der Waals surface area contributed by atoms with Crippen LogP contribution < -0.4 is 5.56 Å². The van der Waals surface area contributed by atoms with Crippen LogP contribution in [0.5, 0.6) is 0 Å². The maximum Gasteiger partial charge on any atom is 0.272 e. The molecular formula is C14H18N2OS2. The summed E-state index contributed by atoms with van der Waals surface area (Å²) in [6, 6.07) is 1.91. The van der Waals surface area contributed by atoms with Crippen molar-refractivity contribution in [1.82, 2.24) is 9.55 Å². The van der Waals surface area contributed by atoms with Crippen molar-refractivity contribution in [3.05, 3.63) is 26.6 Å². The second-order valence-corrected chi connectivity index (χ2v) is 7.81. The van der Waals surface area contributed by atoms with Crippen molar-refractivity contribution in [2.45, 2.75) is 34.2 Å². The minimum atomic E-state index is 0.0484. The van der Waals surface area contributed by atoms with Gasteiger partial charge in [0.05, 0.1) is 5.52 Å². The van der Waals surface area contributed by atoms with E-state index in [0.717, 1.165) is 10.2 Å². The lowest BCUT2D eigenvalue weighted by Gasteiger charge is -2.07. The molecule has 1 aliphatic rings. The third-order valence-corrected chi connectivity index (χ3v) is 6.50. The third kappa shape index (κ3) is 1.68. The van der Waals surface area contributed by atoms with E-state index in [1.165, 1.54) is 11.3 Å². The van der Waals surface area contributed by atoms with Crippen LogP contribution in [-0.4, -0.2) is 9.55 Å². The lowest BCUT2D eigenvalue weighted by molar-refractivity contribution is 0.457. The number of fused-ring (bicyclic) bond motifs is 1. The van der Waals surface area contributed by atoms with Crippen LogP contribution in [0.2, 0.25) is 0 Å². The molecule has 0 unspecified atom stereocenters. The van der Waals surface area contributed by atoms with E-state index in [9.17, 15) is 4.79 Å². The standard InChI is InChI=1S/C14H18N2OS2/c1-13(2)9(14(13,3)4)7-16-11(17)10-8(5-6-19-10)15-12(16)18/h5-6,9H,7H2,1-4H3,(H,15,18). The number of aromatic amines is 1. The highest BCUT2D eigenvalue weighted by molar-refractivity contribution is 7.71. The van der Waals surface area contributed by atoms with Gasteiger partial charge >= 0.3 is 0 Å². The van der Waals surface area contributed by atoms with E-state index in [1.807, 2.05) is 11.4 Å². The van der Waals surface area contributed by atoms with Crippen molar-refractivity contribution in [2.24, 2.45) is 16.7 Å². The van der Waals surface area contributed by atoms with Crippen molar-refractivity contribution in [3.63, 3.8) is 0 Å². The zero-order chi connectivity index (χ0) is 14.0. The summed E-state index contributed by atoms with van der Waals surface area (Å²) in [7, 11) is 0. The van der Waals surface area contributed by atoms with Gasteiger partial charge in [0.1, 0.15) is 4.70 Å². The fourth-order valence-electron chi connectivity index (χ4n) is 3.11. The largest absolute Gasteiger partial charge is 0.331 e. The Bertz CT molecular complexity index is 750. The first kappa shape index (κ1) is 13.1. The first-order chi connectivity index (χ1) is 8.76. The smallest absolute Gasteiger partial charge is 0.272 e. The maximum atomic E-state index is 12.5. The molecule has 2 aromatic heterocycles. The van der Waals surface area contributed by atoms with Gasteiger partial charge in [0.2, 0.25) is 0 Å². The number of nitrogens with one attached hydrogen (secondary N) is 1. The first-order valence-electron chi connectivity index (χ1n) is 6.47. The van der Waals surface area contributed by atoms with Gasteiger partial charge in [-0.25, -0.2) is 0 Å². The third-order valence-electron chi connectivity index (χ3n) is 5.28. The molecule has 0 saturated heterocycles. The average Bonchev–Trinajstić information content (AvgIpc) is 2.70. The van der Waals surface area contributed by atoms with Crippen LogP contribution in [0, 0.1) is 21.5 Å². The molecular weight excluding hydrogens is 276 g/mol. The van der Waals surface area contributed by atoms with E-state index in [1.54, 1.807) is 4.57 Å². The van der Waals surface area contributed by atoms with Crippen LogP contribution >= 0.6 is 23.6 Å². The molecule has 0 spiro atoms. The Morgan fingerprint density at radius 1 is 1.37 bits per heavy atom. The number of rotatable bonds is 2. The van der Waals surface area contributed by atoms with Crippen molar-refractivity contribution in [2.75, 3.05) is 0 Å². The second kappa shape index (κ2) is 3.79. The van der Waals surface area contributed by atoms with Crippen LogP contribution in [0.1, 0.15) is 27.7 Å². The van der Waals surface area contributed by atoms with Crippen LogP contribution in [0.4, 0.5) is 0 Å². The number of H-pyrrole nitrogens is 1. The Morgan fingerprint density at radius 3 is 2.58 bits per heavy atom. The van der Waals surface area contributed by atoms with Crippen molar-refractivity contribution in [3.8, 4) is 0 Å². The number of thiophene rings is 1. The molecule has 3 rings (SSSR count). The van der Waals surface area contributed by atoms with Gasteiger partial charge < -0.3 is 4.98 Å². The van der Waals surface area contributed by atoms with Crippen LogP contribution in [0.15, 0.2) is 16.2 Å². The first-order valence-corrected chi connectivity index (χ1v) is 7.76. The van der Waals surface area contributed by atoms with E-state index in [4.69, 9.17) is 12.2 Å². The van der Waals surface area contributed by atoms with Crippen molar-refractivity contribution >= 4 is 33.8 Å². The molecule has 0 amide bonds. The highest BCUT2D eigenvalue weighted by Gasteiger charge is 2.64. The van der Waals surface area contributed by atoms with Crippen molar-refractivity contribution in [1.29, 1.82) is 0 Å². The Morgan fingerprint density at radius 2 is 2.00 bits per heavy atom. The summed E-state index contributed by atoms with van der Waals surface area (Å²) in [5, 5.41) is 1.92. The summed E-state index contributed by atoms with van der Waals surface area (Å²) in [4.78, 5) is 15.6. The zero-order valence-electron chi connectivity index (χ0n) is 11.6. The fraction of sp³-hybridized carbons (Fsp3) is 0.571. The van der Waals surface area contributed by atoms with Gasteiger partial charge in [-0.1, -0.05) is 27.7 Å². The fourth-order valence-corrected chi connectivity index (χ4v) is 4.17. The molecule has 1 aliphatic carbocycles. The van der Waals surface area contributed by atoms with Gasteiger partial charge in [-0.15, -0.1) is 11.3 Å². The van der Waals surface area contributed by atoms with E-state index < -0.39 is 0 Å². The van der Waals surface area contributed by atoms with E-state index in [2.05, 4.69) is 32.7 Å². The quantitative estimate of drug-likeness (QED) is 0.855. The lowest BCUT2D eigenvalue weighted by atomic mass is 10.0. The molecule has 0 atom stereocenters. The molecule has 0 aromatic carbocycles. The van der Waals surface area contributed by atoms with E-state index in [0.29, 0.717) is 17.2 Å². The lowest BCUT2D eigenvalue weighted by Crippen LogP contribution is -2.23. The van der Waals surface area contributed by atoms with Crippen molar-refractivity contribution < 1.29 is 0 Å². The Hall–Kier alpha value is -0.940. The predicted molar refractivity (Wildman–Crippen MR) is 82.3 cm³/mol. The molecule has 2 aromatic rings. The van der Waals surface area contributed by atoms with Gasteiger partial charge in [-0.05, 0) is 40.4 Å². The highest BCUT2D eigenvalue weighted by atomic mass is 32.1. The van der Waals surface area contributed by atoms with Gasteiger partial charge in [0, 0.05) is 6.54 Å². The molecule has 1 fully saturated rings. The topological polar surface area (TPSA) is 37.8 Å². The maximum absolute atomic E-state index is 12.5. The van der Waals surface area contributed by atoms with Gasteiger partial charge in [-0.3, -0.25) is 9.36 Å². The summed E-state index contributed by atoms with van der Waals surface area (Å²) in [5.74, 6) is 0.491. The predicted octanol–water partition coefficient (Wildman–Crippen LogP) is 3.80. The Labute approximate surface area is 121 Å². The number of aromatic nitrogens is 2. The minimum Gasteiger partial charge on any atom is -0.331 e. The van der Waals surface area contributed by atoms with E-state index >= 15 is 0 Å². The Kier molecular flexibility index (Phi) is 2.61. The zero-order valence-corrected chi connectivity index (χ0v) is 13.2. The molecule has 1 N–H and O–H groups in total. The van der Waals surface area contributed by atoms with Gasteiger partial charge in [0.25, 0.3) is 5.56 Å². The summed E-state index contributed by atoms with van der Waals surface area (Å²) in [6.07, 6.45) is 0. The van der Waals surface area contributed by atoms with Crippen LogP contribution in [0.25, 0.3) is 10.2 Å². The summed E-state index contributed by atoms with van der Waals surface area (Å²) in [6.45, 7) is 9.76. The molecule has 5 heteroatoms. The minimum absolute atomic E-state index is 0.0484. The molecule has 1 saturated carbocycles. The number of hydrogen-bond donors (Lipinski definition) is 1. The molecule has 19 heavy (non-hydrogen) atoms. The molecule has 3 nitrogen and oxygen atoms in total. The number of hydrogen-bond acceptors (Lipinski definition) is 3. The number of nitrogens with zero attached hydrogens (tertiary/aromatic N) is 1. The average molecular weight is 294 g/mol. The molecule has 0 aliphatic heterocycles. The normalized spacial score (nSPS) is 20.8. The molecule has 0 radical (unpaired) electrons. The molecule has 2 heterocycles. The monoisotopic (exact) mass is 294 g/mol. The van der Waals surface area contributed by atoms with Gasteiger partial charge in [-0.2, -0.15) is 0 Å². The van der Waals surface area contributed by atoms with Gasteiger partial charge in [0.15, 0.2) is 4.77 Å². The van der Waals surface area contributed by atoms with Crippen LogP contribution in [0.3, 0.4) is 0 Å².